The van der Waals surface area contributed by atoms with Crippen LogP contribution in [0.4, 0.5) is 0 Å². The molecule has 2 atom stereocenters. The topological polar surface area (TPSA) is 69.6 Å². The number of carboxylic acids is 1. The molecule has 100 valence electrons. The molecule has 0 heterocycles. The summed E-state index contributed by atoms with van der Waals surface area (Å²) in [5.41, 5.74) is 0.812. The quantitative estimate of drug-likeness (QED) is 0.656. The van der Waals surface area contributed by atoms with Gasteiger partial charge in [0.15, 0.2) is 0 Å². The molecule has 0 radical (unpaired) electrons. The Balaban J connectivity index is 2.52. The van der Waals surface area contributed by atoms with Crippen LogP contribution in [0.15, 0.2) is 30.3 Å². The zero-order valence-electron chi connectivity index (χ0n) is 10.7. The van der Waals surface area contributed by atoms with Gasteiger partial charge in [0.1, 0.15) is 0 Å². The van der Waals surface area contributed by atoms with Gasteiger partial charge in [0.05, 0.1) is 5.92 Å². The standard InChI is InChI=1S/C14H21NO3/c1-11(6-5-9-16)15-10-13(14(17)18)12-7-3-2-4-8-12/h2-4,7-8,11,13,15-16H,5-6,9-10H2,1H3,(H,17,18). The van der Waals surface area contributed by atoms with Gasteiger partial charge >= 0.3 is 5.97 Å². The van der Waals surface area contributed by atoms with E-state index < -0.39 is 11.9 Å². The molecule has 1 aromatic carbocycles. The monoisotopic (exact) mass is 251 g/mol. The number of hydrogen-bond donors (Lipinski definition) is 3. The fourth-order valence-corrected chi connectivity index (χ4v) is 1.85. The zero-order valence-corrected chi connectivity index (χ0v) is 10.7. The van der Waals surface area contributed by atoms with Crippen molar-refractivity contribution in [2.45, 2.75) is 31.7 Å². The fraction of sp³-hybridized carbons (Fsp3) is 0.500. The van der Waals surface area contributed by atoms with E-state index >= 15 is 0 Å². The highest BCUT2D eigenvalue weighted by Gasteiger charge is 2.19. The number of rotatable bonds is 8. The second-order valence-corrected chi connectivity index (χ2v) is 4.48. The van der Waals surface area contributed by atoms with Gasteiger partial charge in [0, 0.05) is 19.2 Å². The molecule has 0 aliphatic heterocycles. The van der Waals surface area contributed by atoms with Crippen LogP contribution in [0.1, 0.15) is 31.2 Å². The predicted molar refractivity (Wildman–Crippen MR) is 70.6 cm³/mol. The zero-order chi connectivity index (χ0) is 13.4. The first-order valence-corrected chi connectivity index (χ1v) is 6.27. The van der Waals surface area contributed by atoms with Crippen LogP contribution in [-0.2, 0) is 4.79 Å². The van der Waals surface area contributed by atoms with E-state index in [4.69, 9.17) is 5.11 Å². The molecule has 2 unspecified atom stereocenters. The summed E-state index contributed by atoms with van der Waals surface area (Å²) in [5, 5.41) is 21.2. The molecule has 4 heteroatoms. The summed E-state index contributed by atoms with van der Waals surface area (Å²) in [4.78, 5) is 11.2. The van der Waals surface area contributed by atoms with Crippen molar-refractivity contribution in [1.82, 2.24) is 5.32 Å². The van der Waals surface area contributed by atoms with Gasteiger partial charge in [-0.05, 0) is 25.3 Å². The molecule has 0 fully saturated rings. The lowest BCUT2D eigenvalue weighted by Crippen LogP contribution is -2.33. The maximum absolute atomic E-state index is 11.2. The second-order valence-electron chi connectivity index (χ2n) is 4.48. The number of aliphatic hydroxyl groups excluding tert-OH is 1. The van der Waals surface area contributed by atoms with E-state index in [0.717, 1.165) is 18.4 Å². The first kappa shape index (κ1) is 14.7. The van der Waals surface area contributed by atoms with Crippen molar-refractivity contribution in [3.05, 3.63) is 35.9 Å². The van der Waals surface area contributed by atoms with Gasteiger partial charge in [-0.15, -0.1) is 0 Å². The minimum absolute atomic E-state index is 0.174. The molecule has 0 saturated carbocycles. The molecule has 0 aromatic heterocycles. The summed E-state index contributed by atoms with van der Waals surface area (Å²) in [7, 11) is 0. The lowest BCUT2D eigenvalue weighted by atomic mass is 9.99. The lowest BCUT2D eigenvalue weighted by Gasteiger charge is -2.18. The minimum atomic E-state index is -0.817. The predicted octanol–water partition coefficient (Wildman–Crippen LogP) is 1.61. The van der Waals surface area contributed by atoms with E-state index in [1.807, 2.05) is 37.3 Å². The Morgan fingerprint density at radius 3 is 2.56 bits per heavy atom. The molecule has 0 amide bonds. The first-order chi connectivity index (χ1) is 8.65. The van der Waals surface area contributed by atoms with E-state index in [2.05, 4.69) is 5.32 Å². The molecule has 0 saturated heterocycles. The van der Waals surface area contributed by atoms with Crippen molar-refractivity contribution in [1.29, 1.82) is 0 Å². The van der Waals surface area contributed by atoms with Crippen LogP contribution in [0.25, 0.3) is 0 Å². The molecular formula is C14H21NO3. The van der Waals surface area contributed by atoms with Gasteiger partial charge in [-0.3, -0.25) is 4.79 Å². The minimum Gasteiger partial charge on any atom is -0.481 e. The summed E-state index contributed by atoms with van der Waals surface area (Å²) in [6.07, 6.45) is 1.58. The maximum atomic E-state index is 11.2. The summed E-state index contributed by atoms with van der Waals surface area (Å²) in [6.45, 7) is 2.58. The molecule has 0 aliphatic rings. The van der Waals surface area contributed by atoms with E-state index in [1.165, 1.54) is 0 Å². The van der Waals surface area contributed by atoms with Gasteiger partial charge in [-0.1, -0.05) is 30.3 Å². The Morgan fingerprint density at radius 1 is 1.33 bits per heavy atom. The molecule has 4 nitrogen and oxygen atoms in total. The van der Waals surface area contributed by atoms with Crippen molar-refractivity contribution in [2.24, 2.45) is 0 Å². The third-order valence-electron chi connectivity index (χ3n) is 2.97. The maximum Gasteiger partial charge on any atom is 0.312 e. The summed E-state index contributed by atoms with van der Waals surface area (Å²) in [5.74, 6) is -1.34. The Morgan fingerprint density at radius 2 is 2.00 bits per heavy atom. The van der Waals surface area contributed by atoms with Gasteiger partial charge in [-0.2, -0.15) is 0 Å². The smallest absolute Gasteiger partial charge is 0.312 e. The molecule has 0 spiro atoms. The lowest BCUT2D eigenvalue weighted by molar-refractivity contribution is -0.138. The third kappa shape index (κ3) is 4.85. The Hall–Kier alpha value is -1.39. The SMILES string of the molecule is CC(CCCO)NCC(C(=O)O)c1ccccc1. The number of aliphatic carboxylic acids is 1. The molecule has 1 rings (SSSR count). The highest BCUT2D eigenvalue weighted by Crippen LogP contribution is 2.15. The largest absolute Gasteiger partial charge is 0.481 e. The number of carbonyl (C=O) groups is 1. The first-order valence-electron chi connectivity index (χ1n) is 6.27. The number of carboxylic acid groups (broad SMARTS) is 1. The van der Waals surface area contributed by atoms with Crippen LogP contribution in [0.3, 0.4) is 0 Å². The Kier molecular flexibility index (Phi) is 6.39. The molecule has 0 aliphatic carbocycles. The van der Waals surface area contributed by atoms with Crippen molar-refractivity contribution in [3.63, 3.8) is 0 Å². The summed E-state index contributed by atoms with van der Waals surface area (Å²) < 4.78 is 0. The van der Waals surface area contributed by atoms with Crippen molar-refractivity contribution in [2.75, 3.05) is 13.2 Å². The molecule has 18 heavy (non-hydrogen) atoms. The van der Waals surface area contributed by atoms with E-state index in [-0.39, 0.29) is 12.6 Å². The van der Waals surface area contributed by atoms with Crippen LogP contribution in [0.2, 0.25) is 0 Å². The highest BCUT2D eigenvalue weighted by molar-refractivity contribution is 5.76. The van der Waals surface area contributed by atoms with Crippen LogP contribution >= 0.6 is 0 Å². The van der Waals surface area contributed by atoms with Crippen LogP contribution < -0.4 is 5.32 Å². The van der Waals surface area contributed by atoms with Gasteiger partial charge in [0.25, 0.3) is 0 Å². The number of nitrogens with one attached hydrogen (secondary N) is 1. The van der Waals surface area contributed by atoms with E-state index in [0.29, 0.717) is 6.54 Å². The van der Waals surface area contributed by atoms with Crippen molar-refractivity contribution >= 4 is 5.97 Å². The fourth-order valence-electron chi connectivity index (χ4n) is 1.85. The Labute approximate surface area is 108 Å². The van der Waals surface area contributed by atoms with Gasteiger partial charge < -0.3 is 15.5 Å². The van der Waals surface area contributed by atoms with Crippen LogP contribution in [0.5, 0.6) is 0 Å². The molecule has 1 aromatic rings. The summed E-state index contributed by atoms with van der Waals surface area (Å²) >= 11 is 0. The summed E-state index contributed by atoms with van der Waals surface area (Å²) in [6, 6.07) is 9.45. The number of hydrogen-bond acceptors (Lipinski definition) is 3. The molecular weight excluding hydrogens is 230 g/mol. The van der Waals surface area contributed by atoms with E-state index in [1.54, 1.807) is 0 Å². The Bertz CT molecular complexity index is 353. The van der Waals surface area contributed by atoms with Gasteiger partial charge in [-0.25, -0.2) is 0 Å². The average molecular weight is 251 g/mol. The van der Waals surface area contributed by atoms with E-state index in [9.17, 15) is 9.90 Å². The van der Waals surface area contributed by atoms with Gasteiger partial charge in [0.2, 0.25) is 0 Å². The highest BCUT2D eigenvalue weighted by atomic mass is 16.4. The third-order valence-corrected chi connectivity index (χ3v) is 2.97. The number of aliphatic hydroxyl groups is 1. The van der Waals surface area contributed by atoms with Crippen LogP contribution in [0, 0.1) is 0 Å². The van der Waals surface area contributed by atoms with Crippen LogP contribution in [-0.4, -0.2) is 35.4 Å². The number of benzene rings is 1. The van der Waals surface area contributed by atoms with Crippen molar-refractivity contribution < 1.29 is 15.0 Å². The van der Waals surface area contributed by atoms with Crippen molar-refractivity contribution in [3.8, 4) is 0 Å². The average Bonchev–Trinajstić information content (AvgIpc) is 2.37. The molecule has 0 bridgehead atoms. The second kappa shape index (κ2) is 7.84. The molecule has 3 N–H and O–H groups in total. The normalized spacial score (nSPS) is 14.1.